The second-order valence-corrected chi connectivity index (χ2v) is 6.07. The number of hydrogen-bond acceptors (Lipinski definition) is 4. The van der Waals surface area contributed by atoms with Gasteiger partial charge in [0.15, 0.2) is 5.11 Å². The Morgan fingerprint density at radius 3 is 2.65 bits per heavy atom. The van der Waals surface area contributed by atoms with Crippen molar-refractivity contribution in [1.82, 2.24) is 15.3 Å². The molecule has 0 atom stereocenters. The number of nitrogens with zero attached hydrogens (tertiary/aromatic N) is 2. The van der Waals surface area contributed by atoms with Gasteiger partial charge >= 0.3 is 0 Å². The molecule has 1 fully saturated rings. The van der Waals surface area contributed by atoms with Crippen LogP contribution in [-0.2, 0) is 0 Å². The smallest absolute Gasteiger partial charge is 0.232 e. The predicted octanol–water partition coefficient (Wildman–Crippen LogP) is 3.81. The fourth-order valence-corrected chi connectivity index (χ4v) is 2.91. The number of aromatic nitrogens is 2. The first-order chi connectivity index (χ1) is 11.2. The summed E-state index contributed by atoms with van der Waals surface area (Å²) in [5.74, 6) is 1.68. The van der Waals surface area contributed by atoms with Gasteiger partial charge in [-0.3, -0.25) is 0 Å². The molecule has 3 rings (SSSR count). The SMILES string of the molecule is Cc1cc(Oc2ccccc2)nc(NC(=S)NC2CCCC2)n1. The van der Waals surface area contributed by atoms with Gasteiger partial charge < -0.3 is 15.4 Å². The highest BCUT2D eigenvalue weighted by Crippen LogP contribution is 2.21. The van der Waals surface area contributed by atoms with E-state index in [2.05, 4.69) is 20.6 Å². The number of ether oxygens (including phenoxy) is 1. The number of hydrogen-bond donors (Lipinski definition) is 2. The van der Waals surface area contributed by atoms with E-state index in [0.717, 1.165) is 11.4 Å². The zero-order valence-corrected chi connectivity index (χ0v) is 13.9. The lowest BCUT2D eigenvalue weighted by molar-refractivity contribution is 0.462. The molecule has 0 unspecified atom stereocenters. The summed E-state index contributed by atoms with van der Waals surface area (Å²) in [6, 6.07) is 11.8. The number of aryl methyl sites for hydroxylation is 1. The summed E-state index contributed by atoms with van der Waals surface area (Å²) in [7, 11) is 0. The summed E-state index contributed by atoms with van der Waals surface area (Å²) >= 11 is 5.35. The van der Waals surface area contributed by atoms with Crippen LogP contribution in [0.1, 0.15) is 31.4 Å². The number of anilines is 1. The van der Waals surface area contributed by atoms with Gasteiger partial charge in [-0.05, 0) is 44.1 Å². The molecule has 6 heteroatoms. The molecule has 0 saturated heterocycles. The van der Waals surface area contributed by atoms with Crippen molar-refractivity contribution >= 4 is 23.3 Å². The van der Waals surface area contributed by atoms with Gasteiger partial charge in [-0.15, -0.1) is 0 Å². The molecular weight excluding hydrogens is 308 g/mol. The Morgan fingerprint density at radius 1 is 1.17 bits per heavy atom. The molecule has 0 amide bonds. The average Bonchev–Trinajstić information content (AvgIpc) is 3.00. The summed E-state index contributed by atoms with van der Waals surface area (Å²) in [5.41, 5.74) is 0.817. The number of nitrogens with one attached hydrogen (secondary N) is 2. The molecule has 23 heavy (non-hydrogen) atoms. The van der Waals surface area contributed by atoms with E-state index in [0.29, 0.717) is 23.0 Å². The van der Waals surface area contributed by atoms with E-state index >= 15 is 0 Å². The minimum atomic E-state index is 0.450. The summed E-state index contributed by atoms with van der Waals surface area (Å²) in [6.45, 7) is 1.90. The molecule has 0 aliphatic heterocycles. The quantitative estimate of drug-likeness (QED) is 0.833. The molecule has 1 aromatic carbocycles. The van der Waals surface area contributed by atoms with Crippen LogP contribution in [0.25, 0.3) is 0 Å². The fourth-order valence-electron chi connectivity index (χ4n) is 2.65. The van der Waals surface area contributed by atoms with Crippen LogP contribution >= 0.6 is 12.2 Å². The Kier molecular flexibility index (Phi) is 5.02. The van der Waals surface area contributed by atoms with Crippen LogP contribution in [0.15, 0.2) is 36.4 Å². The fraction of sp³-hybridized carbons (Fsp3) is 0.353. The summed E-state index contributed by atoms with van der Waals surface area (Å²) in [5, 5.41) is 6.93. The summed E-state index contributed by atoms with van der Waals surface area (Å²) < 4.78 is 5.76. The molecule has 1 heterocycles. The predicted molar refractivity (Wildman–Crippen MR) is 94.9 cm³/mol. The van der Waals surface area contributed by atoms with E-state index in [1.54, 1.807) is 6.07 Å². The maximum Gasteiger partial charge on any atom is 0.232 e. The van der Waals surface area contributed by atoms with Crippen molar-refractivity contribution in [2.75, 3.05) is 5.32 Å². The monoisotopic (exact) mass is 328 g/mol. The standard InChI is InChI=1S/C17H20N4OS/c1-12-11-15(22-14-9-3-2-4-10-14)20-16(18-12)21-17(23)19-13-7-5-6-8-13/h2-4,9-11,13H,5-8H2,1H3,(H2,18,19,20,21,23). The van der Waals surface area contributed by atoms with Crippen LogP contribution in [0.3, 0.4) is 0 Å². The number of benzene rings is 1. The highest BCUT2D eigenvalue weighted by Gasteiger charge is 2.16. The molecular formula is C17H20N4OS. The molecule has 2 N–H and O–H groups in total. The second-order valence-electron chi connectivity index (χ2n) is 5.67. The Balaban J connectivity index is 1.66. The molecule has 1 saturated carbocycles. The Labute approximate surface area is 141 Å². The van der Waals surface area contributed by atoms with Gasteiger partial charge in [-0.2, -0.15) is 4.98 Å². The lowest BCUT2D eigenvalue weighted by Crippen LogP contribution is -2.36. The molecule has 1 aromatic heterocycles. The lowest BCUT2D eigenvalue weighted by atomic mass is 10.3. The zero-order valence-electron chi connectivity index (χ0n) is 13.1. The van der Waals surface area contributed by atoms with Crippen LogP contribution < -0.4 is 15.4 Å². The maximum atomic E-state index is 5.76. The van der Waals surface area contributed by atoms with Gasteiger partial charge in [0.1, 0.15) is 5.75 Å². The van der Waals surface area contributed by atoms with Crippen LogP contribution in [0.2, 0.25) is 0 Å². The molecule has 0 radical (unpaired) electrons. The van der Waals surface area contributed by atoms with E-state index in [1.807, 2.05) is 37.3 Å². The first kappa shape index (κ1) is 15.7. The van der Waals surface area contributed by atoms with Crippen LogP contribution in [0.5, 0.6) is 11.6 Å². The van der Waals surface area contributed by atoms with Crippen molar-refractivity contribution in [2.24, 2.45) is 0 Å². The molecule has 120 valence electrons. The molecule has 1 aliphatic rings. The van der Waals surface area contributed by atoms with Crippen LogP contribution in [-0.4, -0.2) is 21.1 Å². The third kappa shape index (κ3) is 4.63. The Bertz CT molecular complexity index is 672. The number of rotatable bonds is 4. The van der Waals surface area contributed by atoms with E-state index in [9.17, 15) is 0 Å². The minimum absolute atomic E-state index is 0.450. The van der Waals surface area contributed by atoms with Crippen molar-refractivity contribution in [3.8, 4) is 11.6 Å². The third-order valence-corrected chi connectivity index (χ3v) is 3.93. The molecule has 5 nitrogen and oxygen atoms in total. The van der Waals surface area contributed by atoms with Crippen molar-refractivity contribution in [3.05, 3.63) is 42.1 Å². The first-order valence-electron chi connectivity index (χ1n) is 7.85. The number of para-hydroxylation sites is 1. The minimum Gasteiger partial charge on any atom is -0.439 e. The normalized spacial score (nSPS) is 14.5. The molecule has 1 aliphatic carbocycles. The van der Waals surface area contributed by atoms with E-state index < -0.39 is 0 Å². The first-order valence-corrected chi connectivity index (χ1v) is 8.26. The van der Waals surface area contributed by atoms with Gasteiger partial charge in [0.2, 0.25) is 11.8 Å². The van der Waals surface area contributed by atoms with Gasteiger partial charge in [-0.25, -0.2) is 4.98 Å². The van der Waals surface area contributed by atoms with Crippen molar-refractivity contribution < 1.29 is 4.74 Å². The Hall–Kier alpha value is -2.21. The Morgan fingerprint density at radius 2 is 1.91 bits per heavy atom. The average molecular weight is 328 g/mol. The topological polar surface area (TPSA) is 59.1 Å². The van der Waals surface area contributed by atoms with Crippen LogP contribution in [0.4, 0.5) is 5.95 Å². The second kappa shape index (κ2) is 7.37. The largest absolute Gasteiger partial charge is 0.439 e. The van der Waals surface area contributed by atoms with Crippen molar-refractivity contribution in [3.63, 3.8) is 0 Å². The third-order valence-electron chi connectivity index (χ3n) is 3.71. The van der Waals surface area contributed by atoms with Crippen molar-refractivity contribution in [2.45, 2.75) is 38.6 Å². The highest BCUT2D eigenvalue weighted by molar-refractivity contribution is 7.80. The van der Waals surface area contributed by atoms with Gasteiger partial charge in [0.25, 0.3) is 0 Å². The van der Waals surface area contributed by atoms with Crippen LogP contribution in [0, 0.1) is 6.92 Å². The van der Waals surface area contributed by atoms with Gasteiger partial charge in [-0.1, -0.05) is 31.0 Å². The number of thiocarbonyl (C=S) groups is 1. The van der Waals surface area contributed by atoms with E-state index in [-0.39, 0.29) is 0 Å². The maximum absolute atomic E-state index is 5.76. The van der Waals surface area contributed by atoms with E-state index in [1.165, 1.54) is 25.7 Å². The molecule has 0 bridgehead atoms. The summed E-state index contributed by atoms with van der Waals surface area (Å²) in [6.07, 6.45) is 4.85. The molecule has 0 spiro atoms. The van der Waals surface area contributed by atoms with Crippen molar-refractivity contribution in [1.29, 1.82) is 0 Å². The lowest BCUT2D eigenvalue weighted by Gasteiger charge is -2.15. The zero-order chi connectivity index (χ0) is 16.1. The van der Waals surface area contributed by atoms with E-state index in [4.69, 9.17) is 17.0 Å². The van der Waals surface area contributed by atoms with Gasteiger partial charge in [0.05, 0.1) is 0 Å². The molecule has 2 aromatic rings. The highest BCUT2D eigenvalue weighted by atomic mass is 32.1. The van der Waals surface area contributed by atoms with Gasteiger partial charge in [0, 0.05) is 17.8 Å². The summed E-state index contributed by atoms with van der Waals surface area (Å²) in [4.78, 5) is 8.73.